The van der Waals surface area contributed by atoms with E-state index < -0.39 is 11.4 Å². The van der Waals surface area contributed by atoms with E-state index >= 15 is 0 Å². The summed E-state index contributed by atoms with van der Waals surface area (Å²) in [6, 6.07) is 0. The van der Waals surface area contributed by atoms with Gasteiger partial charge in [0.15, 0.2) is 0 Å². The van der Waals surface area contributed by atoms with Gasteiger partial charge in [-0.05, 0) is 105 Å². The van der Waals surface area contributed by atoms with Crippen molar-refractivity contribution >= 4 is 5.97 Å². The fraction of sp³-hybridized carbons (Fsp3) is 0.833. The summed E-state index contributed by atoms with van der Waals surface area (Å²) in [6.07, 6.45) is 8.96. The minimum absolute atomic E-state index is 0.0449. The number of aliphatic hydroxyl groups is 1. The minimum Gasteiger partial charge on any atom is -0.481 e. The lowest BCUT2D eigenvalue weighted by Crippen LogP contribution is -2.48. The Kier molecular flexibility index (Phi) is 6.04. The Morgan fingerprint density at radius 1 is 1.06 bits per heavy atom. The average molecular weight is 457 g/mol. The predicted molar refractivity (Wildman–Crippen MR) is 135 cm³/mol. The van der Waals surface area contributed by atoms with Gasteiger partial charge in [-0.25, -0.2) is 0 Å². The number of carboxylic acids is 1. The van der Waals surface area contributed by atoms with E-state index in [-0.39, 0.29) is 28.3 Å². The van der Waals surface area contributed by atoms with E-state index in [9.17, 15) is 15.0 Å². The molecule has 0 saturated heterocycles. The maximum absolute atomic E-state index is 12.1. The van der Waals surface area contributed by atoms with Crippen LogP contribution in [0.3, 0.4) is 0 Å². The maximum atomic E-state index is 12.1. The van der Waals surface area contributed by atoms with Crippen LogP contribution in [-0.4, -0.2) is 22.3 Å². The summed E-state index contributed by atoms with van der Waals surface area (Å²) in [5, 5.41) is 21.1. The molecule has 4 aliphatic carbocycles. The second-order valence-electron chi connectivity index (χ2n) is 13.7. The lowest BCUT2D eigenvalue weighted by atomic mass is 9.48. The number of aliphatic hydroxyl groups excluding tert-OH is 1. The zero-order valence-electron chi connectivity index (χ0n) is 22.3. The summed E-state index contributed by atoms with van der Waals surface area (Å²) in [6.45, 7) is 20.2. The third-order valence-electron chi connectivity index (χ3n) is 11.8. The standard InChI is InChI=1S/C30H48O3/c1-18(2)19(3)15-25(31)20(4)22-11-13-30(8)24-10-9-21-16-27(5,26(32)33)17-28(21,6)23(24)12-14-29(22,30)7/h18,20-22,25,31H,3,9-17H2,1-2,4-8H3,(H,32,33). The van der Waals surface area contributed by atoms with Crippen LogP contribution in [0, 0.1) is 45.3 Å². The van der Waals surface area contributed by atoms with Crippen LogP contribution in [0.5, 0.6) is 0 Å². The maximum Gasteiger partial charge on any atom is 0.309 e. The Morgan fingerprint density at radius 3 is 2.33 bits per heavy atom. The molecule has 2 fully saturated rings. The predicted octanol–water partition coefficient (Wildman–Crippen LogP) is 7.40. The van der Waals surface area contributed by atoms with Crippen molar-refractivity contribution in [1.82, 2.24) is 0 Å². The Bertz CT molecular complexity index is 870. The number of allylic oxidation sites excluding steroid dienone is 2. The van der Waals surface area contributed by atoms with Crippen LogP contribution in [0.1, 0.15) is 106 Å². The first-order valence-electron chi connectivity index (χ1n) is 13.5. The average Bonchev–Trinajstić information content (AvgIpc) is 3.17. The molecule has 0 aliphatic heterocycles. The molecule has 33 heavy (non-hydrogen) atoms. The van der Waals surface area contributed by atoms with Gasteiger partial charge in [-0.1, -0.05) is 64.8 Å². The minimum atomic E-state index is -0.612. The van der Waals surface area contributed by atoms with Crippen molar-refractivity contribution in [1.29, 1.82) is 0 Å². The van der Waals surface area contributed by atoms with E-state index in [4.69, 9.17) is 0 Å². The molecule has 8 unspecified atom stereocenters. The van der Waals surface area contributed by atoms with E-state index in [1.54, 1.807) is 11.1 Å². The third kappa shape index (κ3) is 3.50. The lowest BCUT2D eigenvalue weighted by Gasteiger charge is -2.56. The van der Waals surface area contributed by atoms with Crippen molar-refractivity contribution in [2.45, 2.75) is 112 Å². The molecule has 2 N–H and O–H groups in total. The molecule has 0 radical (unpaired) electrons. The molecular formula is C30H48O3. The first kappa shape index (κ1) is 25.0. The number of fused-ring (bicyclic) bond motifs is 4. The first-order chi connectivity index (χ1) is 15.2. The van der Waals surface area contributed by atoms with E-state index in [2.05, 4.69) is 48.1 Å². The number of carboxylic acid groups (broad SMARTS) is 1. The molecule has 0 aromatic rings. The van der Waals surface area contributed by atoms with Crippen LogP contribution in [0.4, 0.5) is 0 Å². The van der Waals surface area contributed by atoms with Crippen LogP contribution in [0.2, 0.25) is 0 Å². The van der Waals surface area contributed by atoms with Gasteiger partial charge < -0.3 is 10.2 Å². The molecule has 4 rings (SSSR count). The molecule has 0 spiro atoms. The Morgan fingerprint density at radius 2 is 1.73 bits per heavy atom. The van der Waals surface area contributed by atoms with E-state index in [1.165, 1.54) is 19.3 Å². The monoisotopic (exact) mass is 456 g/mol. The van der Waals surface area contributed by atoms with Crippen LogP contribution in [-0.2, 0) is 4.79 Å². The third-order valence-corrected chi connectivity index (χ3v) is 11.8. The number of aliphatic carboxylic acids is 1. The number of hydrogen-bond acceptors (Lipinski definition) is 2. The van der Waals surface area contributed by atoms with Gasteiger partial charge in [-0.3, -0.25) is 4.79 Å². The van der Waals surface area contributed by atoms with Crippen LogP contribution < -0.4 is 0 Å². The molecule has 186 valence electrons. The van der Waals surface area contributed by atoms with E-state index in [0.717, 1.165) is 37.7 Å². The Balaban J connectivity index is 1.64. The molecule has 4 aliphatic rings. The highest BCUT2D eigenvalue weighted by Gasteiger charge is 2.64. The van der Waals surface area contributed by atoms with Gasteiger partial charge in [0, 0.05) is 0 Å². The summed E-state index contributed by atoms with van der Waals surface area (Å²) in [5.41, 5.74) is 4.30. The fourth-order valence-corrected chi connectivity index (χ4v) is 9.19. The summed E-state index contributed by atoms with van der Waals surface area (Å²) in [5.74, 6) is 1.09. The molecule has 3 heteroatoms. The van der Waals surface area contributed by atoms with Gasteiger partial charge in [0.2, 0.25) is 0 Å². The highest BCUT2D eigenvalue weighted by molar-refractivity contribution is 5.75. The summed E-state index contributed by atoms with van der Waals surface area (Å²) >= 11 is 0. The quantitative estimate of drug-likeness (QED) is 0.409. The van der Waals surface area contributed by atoms with Crippen molar-refractivity contribution in [3.05, 3.63) is 23.3 Å². The number of carbonyl (C=O) groups is 1. The Hall–Kier alpha value is -1.09. The van der Waals surface area contributed by atoms with Crippen molar-refractivity contribution in [2.24, 2.45) is 45.3 Å². The molecule has 8 atom stereocenters. The van der Waals surface area contributed by atoms with Gasteiger partial charge in [0.25, 0.3) is 0 Å². The largest absolute Gasteiger partial charge is 0.481 e. The first-order valence-corrected chi connectivity index (χ1v) is 13.5. The molecule has 0 amide bonds. The van der Waals surface area contributed by atoms with Crippen LogP contribution in [0.25, 0.3) is 0 Å². The molecule has 0 aromatic heterocycles. The van der Waals surface area contributed by atoms with Gasteiger partial charge in [0.05, 0.1) is 11.5 Å². The normalized spacial score (nSPS) is 44.3. The van der Waals surface area contributed by atoms with Gasteiger partial charge in [-0.2, -0.15) is 0 Å². The fourth-order valence-electron chi connectivity index (χ4n) is 9.19. The SMILES string of the molecule is C=C(CC(O)C(C)C1CCC2(C)C3=C(CCC12C)C1(C)CC(C)(C(=O)O)CC1CC3)C(C)C. The highest BCUT2D eigenvalue weighted by atomic mass is 16.4. The van der Waals surface area contributed by atoms with Gasteiger partial charge in [-0.15, -0.1) is 0 Å². The number of rotatable bonds is 6. The smallest absolute Gasteiger partial charge is 0.309 e. The summed E-state index contributed by atoms with van der Waals surface area (Å²) in [7, 11) is 0. The molecule has 0 aromatic carbocycles. The molecular weight excluding hydrogens is 408 g/mol. The highest BCUT2D eigenvalue weighted by Crippen LogP contribution is 2.73. The molecule has 3 nitrogen and oxygen atoms in total. The second-order valence-corrected chi connectivity index (χ2v) is 13.7. The van der Waals surface area contributed by atoms with Crippen molar-refractivity contribution in [3.8, 4) is 0 Å². The molecule has 0 heterocycles. The van der Waals surface area contributed by atoms with Gasteiger partial charge >= 0.3 is 5.97 Å². The van der Waals surface area contributed by atoms with Gasteiger partial charge in [0.1, 0.15) is 0 Å². The zero-order valence-corrected chi connectivity index (χ0v) is 22.3. The van der Waals surface area contributed by atoms with E-state index in [1.807, 2.05) is 6.92 Å². The second kappa shape index (κ2) is 7.97. The van der Waals surface area contributed by atoms with Crippen LogP contribution in [0.15, 0.2) is 23.3 Å². The lowest BCUT2D eigenvalue weighted by molar-refractivity contribution is -0.148. The summed E-state index contributed by atoms with van der Waals surface area (Å²) < 4.78 is 0. The van der Waals surface area contributed by atoms with Crippen molar-refractivity contribution in [3.63, 3.8) is 0 Å². The Labute approximate surface area is 202 Å². The number of hydrogen-bond donors (Lipinski definition) is 2. The van der Waals surface area contributed by atoms with Crippen molar-refractivity contribution < 1.29 is 15.0 Å². The molecule has 0 bridgehead atoms. The van der Waals surface area contributed by atoms with Crippen LogP contribution >= 0.6 is 0 Å². The molecule has 2 saturated carbocycles. The zero-order chi connectivity index (χ0) is 24.6. The topological polar surface area (TPSA) is 57.5 Å². The van der Waals surface area contributed by atoms with E-state index in [0.29, 0.717) is 24.2 Å². The van der Waals surface area contributed by atoms with Crippen molar-refractivity contribution in [2.75, 3.05) is 0 Å². The summed E-state index contributed by atoms with van der Waals surface area (Å²) in [4.78, 5) is 12.1.